The third kappa shape index (κ3) is 3.47. The summed E-state index contributed by atoms with van der Waals surface area (Å²) >= 11 is 1.71. The van der Waals surface area contributed by atoms with Crippen molar-refractivity contribution >= 4 is 17.0 Å². The zero-order valence-electron chi connectivity index (χ0n) is 10.5. The molecule has 0 radical (unpaired) electrons. The second-order valence-corrected chi connectivity index (χ2v) is 5.68. The number of hydrogen-bond donors (Lipinski definition) is 1. The zero-order chi connectivity index (χ0) is 14.0. The molecule has 0 amide bonds. The van der Waals surface area contributed by atoms with Gasteiger partial charge < -0.3 is 5.32 Å². The summed E-state index contributed by atoms with van der Waals surface area (Å²) in [5, 5.41) is 3.07. The van der Waals surface area contributed by atoms with Crippen LogP contribution < -0.4 is 5.32 Å². The van der Waals surface area contributed by atoms with Crippen molar-refractivity contribution in [2.24, 2.45) is 0 Å². The standard InChI is InChI=1S/C13H13F3N2S/c1-8-5-10(9(2)19-8)6-17-11-3-4-12(18-7-11)13(14,15)16/h3-5,7,17H,6H2,1-2H3. The predicted octanol–water partition coefficient (Wildman–Crippen LogP) is 4.39. The fourth-order valence-corrected chi connectivity index (χ4v) is 2.67. The van der Waals surface area contributed by atoms with Gasteiger partial charge in [-0.2, -0.15) is 13.2 Å². The number of nitrogens with one attached hydrogen (secondary N) is 1. The molecule has 0 aliphatic rings. The molecule has 0 aromatic carbocycles. The lowest BCUT2D eigenvalue weighted by molar-refractivity contribution is -0.141. The Labute approximate surface area is 113 Å². The third-order valence-electron chi connectivity index (χ3n) is 2.68. The van der Waals surface area contributed by atoms with Gasteiger partial charge in [-0.15, -0.1) is 11.3 Å². The molecule has 0 atom stereocenters. The molecule has 0 aliphatic carbocycles. The van der Waals surface area contributed by atoms with Crippen molar-refractivity contribution in [1.29, 1.82) is 0 Å². The molecule has 2 rings (SSSR count). The van der Waals surface area contributed by atoms with Gasteiger partial charge in [-0.1, -0.05) is 0 Å². The molecule has 6 heteroatoms. The Morgan fingerprint density at radius 2 is 2.00 bits per heavy atom. The Bertz CT molecular complexity index is 558. The summed E-state index contributed by atoms with van der Waals surface area (Å²) in [4.78, 5) is 5.84. The van der Waals surface area contributed by atoms with Crippen LogP contribution in [0.1, 0.15) is 21.0 Å². The van der Waals surface area contributed by atoms with E-state index in [0.717, 1.165) is 11.6 Å². The van der Waals surface area contributed by atoms with E-state index in [9.17, 15) is 13.2 Å². The van der Waals surface area contributed by atoms with Crippen LogP contribution in [0.3, 0.4) is 0 Å². The van der Waals surface area contributed by atoms with E-state index in [1.807, 2.05) is 13.8 Å². The molecule has 0 fully saturated rings. The van der Waals surface area contributed by atoms with E-state index < -0.39 is 11.9 Å². The summed E-state index contributed by atoms with van der Waals surface area (Å²) in [5.74, 6) is 0. The minimum atomic E-state index is -4.39. The fourth-order valence-electron chi connectivity index (χ4n) is 1.72. The van der Waals surface area contributed by atoms with Gasteiger partial charge in [0.15, 0.2) is 0 Å². The van der Waals surface area contributed by atoms with Crippen molar-refractivity contribution in [3.05, 3.63) is 45.4 Å². The maximum Gasteiger partial charge on any atom is 0.433 e. The molecule has 102 valence electrons. The van der Waals surface area contributed by atoms with Crippen molar-refractivity contribution in [3.8, 4) is 0 Å². The fraction of sp³-hybridized carbons (Fsp3) is 0.308. The van der Waals surface area contributed by atoms with Gasteiger partial charge in [0, 0.05) is 16.3 Å². The zero-order valence-corrected chi connectivity index (χ0v) is 11.3. The average molecular weight is 286 g/mol. The Morgan fingerprint density at radius 3 is 2.47 bits per heavy atom. The van der Waals surface area contributed by atoms with Crippen LogP contribution in [-0.4, -0.2) is 4.98 Å². The van der Waals surface area contributed by atoms with Crippen LogP contribution in [0.4, 0.5) is 18.9 Å². The molecule has 1 N–H and O–H groups in total. The molecule has 2 aromatic rings. The molecule has 19 heavy (non-hydrogen) atoms. The number of anilines is 1. The molecule has 0 saturated heterocycles. The van der Waals surface area contributed by atoms with Crippen LogP contribution >= 0.6 is 11.3 Å². The molecule has 0 unspecified atom stereocenters. The van der Waals surface area contributed by atoms with E-state index in [1.54, 1.807) is 11.3 Å². The van der Waals surface area contributed by atoms with Gasteiger partial charge in [-0.05, 0) is 37.6 Å². The molecule has 2 aromatic heterocycles. The topological polar surface area (TPSA) is 24.9 Å². The Morgan fingerprint density at radius 1 is 1.26 bits per heavy atom. The summed E-state index contributed by atoms with van der Waals surface area (Å²) in [5.41, 5.74) is 0.860. The first-order chi connectivity index (χ1) is 8.86. The SMILES string of the molecule is Cc1cc(CNc2ccc(C(F)(F)F)nc2)c(C)s1. The summed E-state index contributed by atoms with van der Waals surface area (Å²) in [6.45, 7) is 4.64. The average Bonchev–Trinajstić information content (AvgIpc) is 2.65. The van der Waals surface area contributed by atoms with E-state index in [-0.39, 0.29) is 0 Å². The maximum absolute atomic E-state index is 12.3. The highest BCUT2D eigenvalue weighted by molar-refractivity contribution is 7.12. The number of hydrogen-bond acceptors (Lipinski definition) is 3. The van der Waals surface area contributed by atoms with Crippen molar-refractivity contribution in [1.82, 2.24) is 4.98 Å². The monoisotopic (exact) mass is 286 g/mol. The summed E-state index contributed by atoms with van der Waals surface area (Å²) in [6, 6.07) is 4.45. The number of aryl methyl sites for hydroxylation is 2. The first-order valence-corrected chi connectivity index (χ1v) is 6.51. The van der Waals surface area contributed by atoms with Crippen molar-refractivity contribution in [3.63, 3.8) is 0 Å². The Balaban J connectivity index is 2.02. The van der Waals surface area contributed by atoms with Crippen LogP contribution in [0.15, 0.2) is 24.4 Å². The van der Waals surface area contributed by atoms with Gasteiger partial charge in [-0.3, -0.25) is 0 Å². The van der Waals surface area contributed by atoms with Crippen molar-refractivity contribution in [2.45, 2.75) is 26.6 Å². The van der Waals surface area contributed by atoms with Gasteiger partial charge >= 0.3 is 6.18 Å². The Hall–Kier alpha value is -1.56. The van der Waals surface area contributed by atoms with Crippen LogP contribution in [0, 0.1) is 13.8 Å². The molecule has 2 heterocycles. The van der Waals surface area contributed by atoms with Crippen molar-refractivity contribution < 1.29 is 13.2 Å². The third-order valence-corrected chi connectivity index (χ3v) is 3.69. The van der Waals surface area contributed by atoms with E-state index >= 15 is 0 Å². The largest absolute Gasteiger partial charge is 0.433 e. The lowest BCUT2D eigenvalue weighted by Gasteiger charge is -2.08. The highest BCUT2D eigenvalue weighted by Crippen LogP contribution is 2.28. The molecule has 0 spiro atoms. The van der Waals surface area contributed by atoms with E-state index in [1.165, 1.54) is 22.0 Å². The molecule has 0 aliphatic heterocycles. The number of pyridine rings is 1. The van der Waals surface area contributed by atoms with Crippen LogP contribution in [0.25, 0.3) is 0 Å². The highest BCUT2D eigenvalue weighted by atomic mass is 32.1. The lowest BCUT2D eigenvalue weighted by Crippen LogP contribution is -2.08. The van der Waals surface area contributed by atoms with Gasteiger partial charge in [0.2, 0.25) is 0 Å². The minimum absolute atomic E-state index is 0.580. The molecule has 0 bridgehead atoms. The molecular formula is C13H13F3N2S. The van der Waals surface area contributed by atoms with E-state index in [2.05, 4.69) is 16.4 Å². The summed E-state index contributed by atoms with van der Waals surface area (Å²) < 4.78 is 37.0. The number of rotatable bonds is 3. The van der Waals surface area contributed by atoms with Crippen LogP contribution in [0.2, 0.25) is 0 Å². The van der Waals surface area contributed by atoms with E-state index in [0.29, 0.717) is 12.2 Å². The second kappa shape index (κ2) is 5.21. The smallest absolute Gasteiger partial charge is 0.380 e. The highest BCUT2D eigenvalue weighted by Gasteiger charge is 2.31. The van der Waals surface area contributed by atoms with Gasteiger partial charge in [0.1, 0.15) is 5.69 Å². The second-order valence-electron chi connectivity index (χ2n) is 4.22. The Kier molecular flexibility index (Phi) is 3.80. The van der Waals surface area contributed by atoms with Crippen LogP contribution in [0.5, 0.6) is 0 Å². The maximum atomic E-state index is 12.3. The van der Waals surface area contributed by atoms with Gasteiger partial charge in [-0.25, -0.2) is 4.98 Å². The molecular weight excluding hydrogens is 273 g/mol. The minimum Gasteiger partial charge on any atom is -0.380 e. The number of alkyl halides is 3. The molecule has 0 saturated carbocycles. The number of nitrogens with zero attached hydrogens (tertiary/aromatic N) is 1. The number of aromatic nitrogens is 1. The lowest BCUT2D eigenvalue weighted by atomic mass is 10.2. The predicted molar refractivity (Wildman–Crippen MR) is 70.4 cm³/mol. The quantitative estimate of drug-likeness (QED) is 0.905. The van der Waals surface area contributed by atoms with E-state index in [4.69, 9.17) is 0 Å². The number of thiophene rings is 1. The normalized spacial score (nSPS) is 11.6. The van der Waals surface area contributed by atoms with Crippen LogP contribution in [-0.2, 0) is 12.7 Å². The first-order valence-electron chi connectivity index (χ1n) is 5.69. The van der Waals surface area contributed by atoms with Gasteiger partial charge in [0.25, 0.3) is 0 Å². The first kappa shape index (κ1) is 13.9. The summed E-state index contributed by atoms with van der Waals surface area (Å²) in [6.07, 6.45) is -3.18. The summed E-state index contributed by atoms with van der Waals surface area (Å²) in [7, 11) is 0. The number of halogens is 3. The molecule has 2 nitrogen and oxygen atoms in total. The van der Waals surface area contributed by atoms with Gasteiger partial charge in [0.05, 0.1) is 11.9 Å². The van der Waals surface area contributed by atoms with Crippen molar-refractivity contribution in [2.75, 3.05) is 5.32 Å².